The van der Waals surface area contributed by atoms with Crippen LogP contribution in [-0.2, 0) is 0 Å². The molecule has 0 saturated carbocycles. The zero-order valence-electron chi connectivity index (χ0n) is 9.23. The molecule has 2 aromatic rings. The van der Waals surface area contributed by atoms with Gasteiger partial charge in [0.15, 0.2) is 5.11 Å². The van der Waals surface area contributed by atoms with Crippen molar-refractivity contribution in [1.82, 2.24) is 10.4 Å². The zero-order chi connectivity index (χ0) is 12.3. The van der Waals surface area contributed by atoms with E-state index in [1.807, 2.05) is 24.4 Å². The molecule has 0 bridgehead atoms. The number of hydrazone groups is 1. The van der Waals surface area contributed by atoms with Crippen molar-refractivity contribution in [3.63, 3.8) is 0 Å². The normalized spacial score (nSPS) is 10.9. The van der Waals surface area contributed by atoms with E-state index in [0.717, 1.165) is 22.2 Å². The highest BCUT2D eigenvalue weighted by atomic mass is 32.1. The van der Waals surface area contributed by atoms with Crippen molar-refractivity contribution in [2.24, 2.45) is 10.8 Å². The maximum atomic E-state index is 5.27. The lowest BCUT2D eigenvalue weighted by molar-refractivity contribution is 0.415. The molecule has 88 valence electrons. The average molecular weight is 248 g/mol. The molecule has 17 heavy (non-hydrogen) atoms. The van der Waals surface area contributed by atoms with Crippen LogP contribution in [0.1, 0.15) is 5.56 Å². The fourth-order valence-electron chi connectivity index (χ4n) is 1.52. The molecule has 0 atom stereocenters. The first-order valence-corrected chi connectivity index (χ1v) is 5.35. The van der Waals surface area contributed by atoms with Gasteiger partial charge >= 0.3 is 0 Å². The molecule has 0 aliphatic carbocycles. The van der Waals surface area contributed by atoms with Crippen molar-refractivity contribution in [3.05, 3.63) is 30.0 Å². The van der Waals surface area contributed by atoms with E-state index in [1.54, 1.807) is 13.3 Å². The maximum Gasteiger partial charge on any atom is 0.184 e. The van der Waals surface area contributed by atoms with Crippen molar-refractivity contribution >= 4 is 34.4 Å². The first kappa shape index (κ1) is 11.4. The fourth-order valence-corrected chi connectivity index (χ4v) is 1.57. The van der Waals surface area contributed by atoms with Crippen LogP contribution in [0.3, 0.4) is 0 Å². The first-order valence-electron chi connectivity index (χ1n) is 4.94. The number of nitrogens with zero attached hydrogens (tertiary/aromatic N) is 1. The number of ether oxygens (including phenoxy) is 1. The van der Waals surface area contributed by atoms with E-state index in [9.17, 15) is 0 Å². The third kappa shape index (κ3) is 2.54. The molecule has 0 radical (unpaired) electrons. The quantitative estimate of drug-likeness (QED) is 0.435. The summed E-state index contributed by atoms with van der Waals surface area (Å²) < 4.78 is 5.17. The highest BCUT2D eigenvalue weighted by molar-refractivity contribution is 7.80. The summed E-state index contributed by atoms with van der Waals surface area (Å²) in [5.74, 6) is 0.800. The zero-order valence-corrected chi connectivity index (χ0v) is 10.0. The Kier molecular flexibility index (Phi) is 3.24. The number of rotatable bonds is 3. The smallest absolute Gasteiger partial charge is 0.184 e. The SMILES string of the molecule is COc1ccc2[nH]cc(/C=N\NC(N)=S)c2c1. The predicted octanol–water partition coefficient (Wildman–Crippen LogP) is 1.34. The summed E-state index contributed by atoms with van der Waals surface area (Å²) in [6.07, 6.45) is 3.51. The minimum Gasteiger partial charge on any atom is -0.497 e. The number of thiocarbonyl (C=S) groups is 1. The van der Waals surface area contributed by atoms with Crippen LogP contribution in [0.15, 0.2) is 29.5 Å². The monoisotopic (exact) mass is 248 g/mol. The van der Waals surface area contributed by atoms with Gasteiger partial charge in [0, 0.05) is 22.7 Å². The number of nitrogens with two attached hydrogens (primary N) is 1. The Bertz CT molecular complexity index is 576. The van der Waals surface area contributed by atoms with Crippen molar-refractivity contribution < 1.29 is 4.74 Å². The van der Waals surface area contributed by atoms with Gasteiger partial charge in [0.25, 0.3) is 0 Å². The van der Waals surface area contributed by atoms with E-state index in [-0.39, 0.29) is 5.11 Å². The molecule has 0 fully saturated rings. The standard InChI is InChI=1S/C11H12N4OS/c1-16-8-2-3-10-9(4-8)7(5-13-10)6-14-15-11(12)17/h2-6,13H,1H3,(H3,12,15,17)/b14-6-. The third-order valence-electron chi connectivity index (χ3n) is 2.30. The van der Waals surface area contributed by atoms with Gasteiger partial charge in [-0.2, -0.15) is 5.10 Å². The van der Waals surface area contributed by atoms with Crippen LogP contribution < -0.4 is 15.9 Å². The van der Waals surface area contributed by atoms with E-state index >= 15 is 0 Å². The second kappa shape index (κ2) is 4.84. The molecule has 1 aromatic heterocycles. The van der Waals surface area contributed by atoms with E-state index in [0.29, 0.717) is 0 Å². The summed E-state index contributed by atoms with van der Waals surface area (Å²) in [4.78, 5) is 3.14. The number of nitrogens with one attached hydrogen (secondary N) is 2. The van der Waals surface area contributed by atoms with Gasteiger partial charge in [0.2, 0.25) is 0 Å². The molecule has 4 N–H and O–H groups in total. The Morgan fingerprint density at radius 2 is 2.41 bits per heavy atom. The summed E-state index contributed by atoms with van der Waals surface area (Å²) in [6.45, 7) is 0. The molecule has 0 spiro atoms. The highest BCUT2D eigenvalue weighted by Gasteiger charge is 2.02. The number of aromatic amines is 1. The van der Waals surface area contributed by atoms with Gasteiger partial charge < -0.3 is 15.5 Å². The molecule has 0 unspecified atom stereocenters. The average Bonchev–Trinajstić information content (AvgIpc) is 2.71. The van der Waals surface area contributed by atoms with E-state index < -0.39 is 0 Å². The van der Waals surface area contributed by atoms with Gasteiger partial charge in [0.05, 0.1) is 13.3 Å². The summed E-state index contributed by atoms with van der Waals surface area (Å²) in [7, 11) is 1.63. The second-order valence-electron chi connectivity index (χ2n) is 3.39. The first-order chi connectivity index (χ1) is 8.20. The number of hydrogen-bond acceptors (Lipinski definition) is 3. The fraction of sp³-hybridized carbons (Fsp3) is 0.0909. The molecule has 0 aliphatic heterocycles. The van der Waals surface area contributed by atoms with Crippen LogP contribution in [0.5, 0.6) is 5.75 Å². The number of H-pyrrole nitrogens is 1. The number of fused-ring (bicyclic) bond motifs is 1. The molecule has 5 nitrogen and oxygen atoms in total. The second-order valence-corrected chi connectivity index (χ2v) is 3.83. The van der Waals surface area contributed by atoms with Gasteiger partial charge in [-0.1, -0.05) is 0 Å². The van der Waals surface area contributed by atoms with Gasteiger partial charge in [0.1, 0.15) is 5.75 Å². The lowest BCUT2D eigenvalue weighted by atomic mass is 10.2. The van der Waals surface area contributed by atoms with Crippen LogP contribution in [0.2, 0.25) is 0 Å². The summed E-state index contributed by atoms with van der Waals surface area (Å²) in [5, 5.41) is 5.08. The van der Waals surface area contributed by atoms with Crippen molar-refractivity contribution in [2.75, 3.05) is 7.11 Å². The van der Waals surface area contributed by atoms with Crippen molar-refractivity contribution in [2.45, 2.75) is 0 Å². The molecule has 0 saturated heterocycles. The Balaban J connectivity index is 2.34. The topological polar surface area (TPSA) is 75.4 Å². The van der Waals surface area contributed by atoms with Crippen LogP contribution >= 0.6 is 12.2 Å². The Labute approximate surface area is 104 Å². The summed E-state index contributed by atoms with van der Waals surface area (Å²) >= 11 is 4.65. The molecule has 2 rings (SSSR count). The third-order valence-corrected chi connectivity index (χ3v) is 2.39. The molecule has 0 aliphatic rings. The minimum absolute atomic E-state index is 0.138. The summed E-state index contributed by atoms with van der Waals surface area (Å²) in [6, 6.07) is 5.79. The Morgan fingerprint density at radius 3 is 3.12 bits per heavy atom. The minimum atomic E-state index is 0.138. The molecular formula is C11H12N4OS. The van der Waals surface area contributed by atoms with Crippen molar-refractivity contribution in [3.8, 4) is 5.75 Å². The number of benzene rings is 1. The van der Waals surface area contributed by atoms with E-state index in [4.69, 9.17) is 10.5 Å². The molecule has 6 heteroatoms. The van der Waals surface area contributed by atoms with E-state index in [1.165, 1.54) is 0 Å². The Morgan fingerprint density at radius 1 is 1.59 bits per heavy atom. The Hall–Kier alpha value is -2.08. The van der Waals surface area contributed by atoms with Crippen LogP contribution in [0.25, 0.3) is 10.9 Å². The maximum absolute atomic E-state index is 5.27. The summed E-state index contributed by atoms with van der Waals surface area (Å²) in [5.41, 5.74) is 9.73. The van der Waals surface area contributed by atoms with Gasteiger partial charge in [-0.15, -0.1) is 0 Å². The van der Waals surface area contributed by atoms with Gasteiger partial charge in [-0.05, 0) is 30.4 Å². The van der Waals surface area contributed by atoms with Crippen molar-refractivity contribution in [1.29, 1.82) is 0 Å². The van der Waals surface area contributed by atoms with Crippen LogP contribution in [0.4, 0.5) is 0 Å². The van der Waals surface area contributed by atoms with Crippen LogP contribution in [0, 0.1) is 0 Å². The number of hydrogen-bond donors (Lipinski definition) is 3. The number of methoxy groups -OCH3 is 1. The molecular weight excluding hydrogens is 236 g/mol. The van der Waals surface area contributed by atoms with Gasteiger partial charge in [-0.25, -0.2) is 0 Å². The number of aromatic nitrogens is 1. The molecule has 1 heterocycles. The largest absolute Gasteiger partial charge is 0.497 e. The van der Waals surface area contributed by atoms with Gasteiger partial charge in [-0.3, -0.25) is 5.43 Å². The lowest BCUT2D eigenvalue weighted by Crippen LogP contribution is -2.23. The lowest BCUT2D eigenvalue weighted by Gasteiger charge is -1.99. The van der Waals surface area contributed by atoms with E-state index in [2.05, 4.69) is 27.7 Å². The highest BCUT2D eigenvalue weighted by Crippen LogP contribution is 2.22. The predicted molar refractivity (Wildman–Crippen MR) is 72.4 cm³/mol. The van der Waals surface area contributed by atoms with Crippen LogP contribution in [-0.4, -0.2) is 23.4 Å². The molecule has 1 aromatic carbocycles. The molecule has 0 amide bonds.